The lowest BCUT2D eigenvalue weighted by Crippen LogP contribution is -2.45. The van der Waals surface area contributed by atoms with Crippen LogP contribution in [0.15, 0.2) is 24.3 Å². The second-order valence-electron chi connectivity index (χ2n) is 7.47. The van der Waals surface area contributed by atoms with E-state index in [0.29, 0.717) is 6.54 Å². The van der Waals surface area contributed by atoms with Crippen molar-refractivity contribution in [3.8, 4) is 0 Å². The zero-order valence-electron chi connectivity index (χ0n) is 15.4. The number of amides is 1. The van der Waals surface area contributed by atoms with Gasteiger partial charge in [0.1, 0.15) is 0 Å². The molecule has 1 amide bonds. The standard InChI is InChI=1S/C20H32N4O/c1-2-23-9-11-24(12-10-23)15-18-6-4-3-5-17(18)14-22-20(25)16-7-8-19(21)13-16/h3-6,16,19H,2,7-15,21H2,1H3,(H,22,25). The van der Waals surface area contributed by atoms with Gasteiger partial charge in [0.2, 0.25) is 5.91 Å². The van der Waals surface area contributed by atoms with Gasteiger partial charge in [-0.3, -0.25) is 9.69 Å². The minimum atomic E-state index is 0.101. The molecule has 5 nitrogen and oxygen atoms in total. The molecule has 0 aromatic heterocycles. The van der Waals surface area contributed by atoms with E-state index < -0.39 is 0 Å². The highest BCUT2D eigenvalue weighted by molar-refractivity contribution is 5.79. The van der Waals surface area contributed by atoms with Crippen molar-refractivity contribution in [1.29, 1.82) is 0 Å². The number of rotatable bonds is 6. The number of benzene rings is 1. The fourth-order valence-electron chi connectivity index (χ4n) is 3.97. The summed E-state index contributed by atoms with van der Waals surface area (Å²) in [5.74, 6) is 0.267. The molecule has 3 rings (SSSR count). The van der Waals surface area contributed by atoms with Crippen molar-refractivity contribution in [2.75, 3.05) is 32.7 Å². The van der Waals surface area contributed by atoms with E-state index >= 15 is 0 Å². The van der Waals surface area contributed by atoms with Crippen LogP contribution in [0, 0.1) is 5.92 Å². The van der Waals surface area contributed by atoms with E-state index in [-0.39, 0.29) is 17.9 Å². The molecule has 0 radical (unpaired) electrons. The Kier molecular flexibility index (Phi) is 6.45. The van der Waals surface area contributed by atoms with Crippen LogP contribution in [0.3, 0.4) is 0 Å². The van der Waals surface area contributed by atoms with Crippen LogP contribution in [0.1, 0.15) is 37.3 Å². The number of likely N-dealkylation sites (N-methyl/N-ethyl adjacent to an activating group) is 1. The third-order valence-electron chi connectivity index (χ3n) is 5.72. The van der Waals surface area contributed by atoms with Crippen molar-refractivity contribution in [3.63, 3.8) is 0 Å². The summed E-state index contributed by atoms with van der Waals surface area (Å²) >= 11 is 0. The maximum absolute atomic E-state index is 12.4. The lowest BCUT2D eigenvalue weighted by Gasteiger charge is -2.34. The highest BCUT2D eigenvalue weighted by Crippen LogP contribution is 2.24. The first-order valence-electron chi connectivity index (χ1n) is 9.70. The lowest BCUT2D eigenvalue weighted by molar-refractivity contribution is -0.125. The third-order valence-corrected chi connectivity index (χ3v) is 5.72. The first-order valence-corrected chi connectivity index (χ1v) is 9.70. The number of nitrogens with one attached hydrogen (secondary N) is 1. The molecule has 2 fully saturated rings. The molecule has 138 valence electrons. The Labute approximate surface area is 151 Å². The van der Waals surface area contributed by atoms with Crippen LogP contribution >= 0.6 is 0 Å². The Morgan fingerprint density at radius 1 is 1.12 bits per heavy atom. The second kappa shape index (κ2) is 8.79. The SMILES string of the molecule is CCN1CCN(Cc2ccccc2CNC(=O)C2CCC(N)C2)CC1. The minimum absolute atomic E-state index is 0.101. The average Bonchev–Trinajstić information content (AvgIpc) is 3.08. The summed E-state index contributed by atoms with van der Waals surface area (Å²) in [7, 11) is 0. The van der Waals surface area contributed by atoms with Gasteiger partial charge in [-0.25, -0.2) is 0 Å². The zero-order chi connectivity index (χ0) is 17.6. The molecule has 1 aliphatic heterocycles. The van der Waals surface area contributed by atoms with Crippen molar-refractivity contribution in [2.24, 2.45) is 11.7 Å². The van der Waals surface area contributed by atoms with Gasteiger partial charge in [0.05, 0.1) is 0 Å². The molecule has 1 saturated heterocycles. The predicted molar refractivity (Wildman–Crippen MR) is 101 cm³/mol. The number of carbonyl (C=O) groups is 1. The first kappa shape index (κ1) is 18.4. The molecule has 1 saturated carbocycles. The van der Waals surface area contributed by atoms with E-state index in [0.717, 1.165) is 58.5 Å². The summed E-state index contributed by atoms with van der Waals surface area (Å²) in [6, 6.07) is 8.69. The van der Waals surface area contributed by atoms with Gasteiger partial charge in [0.25, 0.3) is 0 Å². The number of nitrogens with zero attached hydrogens (tertiary/aromatic N) is 2. The number of piperazine rings is 1. The molecule has 25 heavy (non-hydrogen) atoms. The maximum Gasteiger partial charge on any atom is 0.223 e. The summed E-state index contributed by atoms with van der Waals surface area (Å²) in [6.45, 7) is 9.50. The molecule has 1 aromatic rings. The van der Waals surface area contributed by atoms with E-state index in [9.17, 15) is 4.79 Å². The van der Waals surface area contributed by atoms with Crippen LogP contribution in [-0.4, -0.2) is 54.5 Å². The van der Waals surface area contributed by atoms with E-state index in [1.165, 1.54) is 11.1 Å². The van der Waals surface area contributed by atoms with Gasteiger partial charge in [-0.05, 0) is 36.9 Å². The number of hydrogen-bond acceptors (Lipinski definition) is 4. The van der Waals surface area contributed by atoms with E-state index in [1.807, 2.05) is 0 Å². The van der Waals surface area contributed by atoms with Crippen LogP contribution in [0.2, 0.25) is 0 Å². The molecule has 2 aliphatic rings. The monoisotopic (exact) mass is 344 g/mol. The summed E-state index contributed by atoms with van der Waals surface area (Å²) in [5.41, 5.74) is 8.49. The van der Waals surface area contributed by atoms with Gasteiger partial charge in [-0.1, -0.05) is 31.2 Å². The largest absolute Gasteiger partial charge is 0.352 e. The van der Waals surface area contributed by atoms with Gasteiger partial charge in [0, 0.05) is 51.2 Å². The van der Waals surface area contributed by atoms with Gasteiger partial charge in [-0.2, -0.15) is 0 Å². The van der Waals surface area contributed by atoms with Crippen molar-refractivity contribution in [1.82, 2.24) is 15.1 Å². The molecular weight excluding hydrogens is 312 g/mol. The number of nitrogens with two attached hydrogens (primary N) is 1. The van der Waals surface area contributed by atoms with E-state index in [1.54, 1.807) is 0 Å². The Hall–Kier alpha value is -1.43. The summed E-state index contributed by atoms with van der Waals surface area (Å²) in [5, 5.41) is 3.13. The average molecular weight is 345 g/mol. The quantitative estimate of drug-likeness (QED) is 0.822. The number of carbonyl (C=O) groups excluding carboxylic acids is 1. The Morgan fingerprint density at radius 3 is 2.44 bits per heavy atom. The first-order chi connectivity index (χ1) is 12.2. The molecule has 0 bridgehead atoms. The molecule has 0 spiro atoms. The van der Waals surface area contributed by atoms with Gasteiger partial charge in [-0.15, -0.1) is 0 Å². The number of hydrogen-bond donors (Lipinski definition) is 2. The molecule has 1 aliphatic carbocycles. The molecular formula is C20H32N4O. The smallest absolute Gasteiger partial charge is 0.223 e. The highest BCUT2D eigenvalue weighted by atomic mass is 16.1. The van der Waals surface area contributed by atoms with Crippen molar-refractivity contribution < 1.29 is 4.79 Å². The van der Waals surface area contributed by atoms with Crippen molar-refractivity contribution >= 4 is 5.91 Å². The van der Waals surface area contributed by atoms with Crippen molar-refractivity contribution in [2.45, 2.75) is 45.3 Å². The third kappa shape index (κ3) is 5.03. The fourth-order valence-corrected chi connectivity index (χ4v) is 3.97. The van der Waals surface area contributed by atoms with Crippen LogP contribution in [0.4, 0.5) is 0 Å². The molecule has 5 heteroatoms. The molecule has 3 N–H and O–H groups in total. The Bertz CT molecular complexity index is 569. The van der Waals surface area contributed by atoms with Crippen LogP contribution < -0.4 is 11.1 Å². The highest BCUT2D eigenvalue weighted by Gasteiger charge is 2.27. The van der Waals surface area contributed by atoms with Crippen LogP contribution in [-0.2, 0) is 17.9 Å². The Balaban J connectivity index is 1.53. The lowest BCUT2D eigenvalue weighted by atomic mass is 10.0. The topological polar surface area (TPSA) is 61.6 Å². The predicted octanol–water partition coefficient (Wildman–Crippen LogP) is 1.57. The minimum Gasteiger partial charge on any atom is -0.352 e. The van der Waals surface area contributed by atoms with Gasteiger partial charge < -0.3 is 16.0 Å². The second-order valence-corrected chi connectivity index (χ2v) is 7.47. The fraction of sp³-hybridized carbons (Fsp3) is 0.650. The normalized spacial score (nSPS) is 25.2. The van der Waals surface area contributed by atoms with E-state index in [2.05, 4.69) is 46.3 Å². The van der Waals surface area contributed by atoms with Crippen molar-refractivity contribution in [3.05, 3.63) is 35.4 Å². The van der Waals surface area contributed by atoms with Gasteiger partial charge in [0.15, 0.2) is 0 Å². The molecule has 2 unspecified atom stereocenters. The summed E-state index contributed by atoms with van der Waals surface area (Å²) < 4.78 is 0. The molecule has 1 aromatic carbocycles. The summed E-state index contributed by atoms with van der Waals surface area (Å²) in [4.78, 5) is 17.4. The van der Waals surface area contributed by atoms with E-state index in [4.69, 9.17) is 5.73 Å². The Morgan fingerprint density at radius 2 is 1.80 bits per heavy atom. The zero-order valence-corrected chi connectivity index (χ0v) is 15.4. The molecule has 1 heterocycles. The molecule has 2 atom stereocenters. The van der Waals surface area contributed by atoms with Crippen LogP contribution in [0.25, 0.3) is 0 Å². The maximum atomic E-state index is 12.4. The van der Waals surface area contributed by atoms with Gasteiger partial charge >= 0.3 is 0 Å². The van der Waals surface area contributed by atoms with Crippen LogP contribution in [0.5, 0.6) is 0 Å². The summed E-state index contributed by atoms with van der Waals surface area (Å²) in [6.07, 6.45) is 2.73.